The normalized spacial score (nSPS) is 11.0. The van der Waals surface area contributed by atoms with Crippen LogP contribution in [0.3, 0.4) is 0 Å². The molecule has 3 aromatic carbocycles. The van der Waals surface area contributed by atoms with Crippen molar-refractivity contribution in [1.82, 2.24) is 14.6 Å². The van der Waals surface area contributed by atoms with E-state index in [1.807, 2.05) is 72.8 Å². The maximum Gasteiger partial charge on any atom is 0.274 e. The first-order valence-corrected chi connectivity index (χ1v) is 10.1. The molecule has 0 spiro atoms. The number of nitrogens with one attached hydrogen (secondary N) is 1. The van der Waals surface area contributed by atoms with Gasteiger partial charge in [-0.15, -0.1) is 0 Å². The van der Waals surface area contributed by atoms with E-state index in [-0.39, 0.29) is 5.56 Å². The van der Waals surface area contributed by atoms with E-state index in [4.69, 9.17) is 9.84 Å². The van der Waals surface area contributed by atoms with Crippen molar-refractivity contribution in [2.75, 3.05) is 7.11 Å². The van der Waals surface area contributed by atoms with Crippen molar-refractivity contribution in [3.05, 3.63) is 113 Å². The number of fused-ring (bicyclic) bond motifs is 1. The van der Waals surface area contributed by atoms with Gasteiger partial charge in [0.25, 0.3) is 5.56 Å². The van der Waals surface area contributed by atoms with Gasteiger partial charge >= 0.3 is 0 Å². The Morgan fingerprint density at radius 2 is 1.55 bits per heavy atom. The minimum Gasteiger partial charge on any atom is -0.497 e. The quantitative estimate of drug-likeness (QED) is 0.448. The average molecular weight is 407 g/mol. The molecule has 5 heteroatoms. The molecule has 0 aliphatic heterocycles. The molecule has 0 saturated carbocycles. The number of hydrogen-bond donors (Lipinski definition) is 1. The lowest BCUT2D eigenvalue weighted by molar-refractivity contribution is 0.415. The van der Waals surface area contributed by atoms with Crippen molar-refractivity contribution in [3.8, 4) is 28.1 Å². The molecular weight excluding hydrogens is 386 g/mol. The number of benzene rings is 3. The summed E-state index contributed by atoms with van der Waals surface area (Å²) in [6.07, 6.45) is 0.623. The SMILES string of the molecule is COc1ccc(-c2c(Cc3ccccc3)nn3c(=O)cc(-c4ccccc4)[nH]c23)cc1. The van der Waals surface area contributed by atoms with Crippen LogP contribution < -0.4 is 10.3 Å². The van der Waals surface area contributed by atoms with Gasteiger partial charge in [-0.2, -0.15) is 9.61 Å². The number of H-pyrrole nitrogens is 1. The van der Waals surface area contributed by atoms with Gasteiger partial charge in [-0.05, 0) is 28.8 Å². The Kier molecular flexibility index (Phi) is 4.84. The van der Waals surface area contributed by atoms with E-state index in [1.165, 1.54) is 4.52 Å². The Balaban J connectivity index is 1.75. The third kappa shape index (κ3) is 3.62. The van der Waals surface area contributed by atoms with Crippen LogP contribution in [0, 0.1) is 0 Å². The van der Waals surface area contributed by atoms with Crippen LogP contribution in [0.5, 0.6) is 5.75 Å². The second kappa shape index (κ2) is 7.95. The smallest absolute Gasteiger partial charge is 0.274 e. The van der Waals surface area contributed by atoms with E-state index >= 15 is 0 Å². The Bertz CT molecular complexity index is 1390. The molecule has 0 fully saturated rings. The molecule has 0 unspecified atom stereocenters. The molecule has 0 aliphatic carbocycles. The van der Waals surface area contributed by atoms with Crippen molar-refractivity contribution in [1.29, 1.82) is 0 Å². The topological polar surface area (TPSA) is 59.4 Å². The zero-order valence-corrected chi connectivity index (χ0v) is 17.1. The van der Waals surface area contributed by atoms with Crippen LogP contribution in [0.2, 0.25) is 0 Å². The lowest BCUT2D eigenvalue weighted by atomic mass is 10.0. The van der Waals surface area contributed by atoms with E-state index in [0.29, 0.717) is 12.1 Å². The molecule has 5 nitrogen and oxygen atoms in total. The van der Waals surface area contributed by atoms with E-state index < -0.39 is 0 Å². The minimum absolute atomic E-state index is 0.165. The lowest BCUT2D eigenvalue weighted by Gasteiger charge is -2.07. The number of nitrogens with zero attached hydrogens (tertiary/aromatic N) is 2. The van der Waals surface area contributed by atoms with Crippen LogP contribution in [0.1, 0.15) is 11.3 Å². The highest BCUT2D eigenvalue weighted by Gasteiger charge is 2.18. The summed E-state index contributed by atoms with van der Waals surface area (Å²) in [4.78, 5) is 16.4. The summed E-state index contributed by atoms with van der Waals surface area (Å²) in [6.45, 7) is 0. The van der Waals surface area contributed by atoms with E-state index in [9.17, 15) is 4.79 Å². The van der Waals surface area contributed by atoms with Crippen LogP contribution in [0.15, 0.2) is 95.8 Å². The minimum atomic E-state index is -0.165. The molecular formula is C26H21N3O2. The first-order chi connectivity index (χ1) is 15.2. The first-order valence-electron chi connectivity index (χ1n) is 10.1. The number of aromatic nitrogens is 3. The highest BCUT2D eigenvalue weighted by Crippen LogP contribution is 2.31. The zero-order valence-electron chi connectivity index (χ0n) is 17.1. The van der Waals surface area contributed by atoms with Crippen LogP contribution in [0.25, 0.3) is 28.0 Å². The second-order valence-corrected chi connectivity index (χ2v) is 7.36. The second-order valence-electron chi connectivity index (χ2n) is 7.36. The monoisotopic (exact) mass is 407 g/mol. The van der Waals surface area contributed by atoms with Crippen molar-refractivity contribution in [3.63, 3.8) is 0 Å². The molecule has 0 aliphatic rings. The van der Waals surface area contributed by atoms with Crippen LogP contribution in [-0.4, -0.2) is 21.7 Å². The third-order valence-electron chi connectivity index (χ3n) is 5.37. The predicted octanol–water partition coefficient (Wildman–Crippen LogP) is 4.96. The molecule has 0 radical (unpaired) electrons. The lowest BCUT2D eigenvalue weighted by Crippen LogP contribution is -2.14. The summed E-state index contributed by atoms with van der Waals surface area (Å²) in [5, 5.41) is 4.70. The van der Waals surface area contributed by atoms with E-state index in [0.717, 1.165) is 39.4 Å². The van der Waals surface area contributed by atoms with Gasteiger partial charge < -0.3 is 9.72 Å². The molecule has 0 atom stereocenters. The van der Waals surface area contributed by atoms with Crippen molar-refractivity contribution in [2.24, 2.45) is 0 Å². The summed E-state index contributed by atoms with van der Waals surface area (Å²) in [5.74, 6) is 0.781. The summed E-state index contributed by atoms with van der Waals surface area (Å²) in [6, 6.07) is 29.4. The van der Waals surface area contributed by atoms with Crippen LogP contribution in [-0.2, 0) is 6.42 Å². The highest BCUT2D eigenvalue weighted by atomic mass is 16.5. The molecule has 0 saturated heterocycles. The number of aromatic amines is 1. The Labute approximate surface area is 179 Å². The molecule has 0 bridgehead atoms. The summed E-state index contributed by atoms with van der Waals surface area (Å²) in [5.41, 5.74) is 6.10. The number of rotatable bonds is 5. The number of hydrogen-bond acceptors (Lipinski definition) is 3. The largest absolute Gasteiger partial charge is 0.497 e. The number of methoxy groups -OCH3 is 1. The molecule has 2 aromatic heterocycles. The molecule has 5 aromatic rings. The number of ether oxygens (including phenoxy) is 1. The maximum atomic E-state index is 13.0. The van der Waals surface area contributed by atoms with Crippen molar-refractivity contribution >= 4 is 5.65 Å². The van der Waals surface area contributed by atoms with Gasteiger partial charge in [-0.25, -0.2) is 0 Å². The average Bonchev–Trinajstić information content (AvgIpc) is 3.19. The fourth-order valence-electron chi connectivity index (χ4n) is 3.83. The van der Waals surface area contributed by atoms with Gasteiger partial charge in [-0.3, -0.25) is 4.79 Å². The van der Waals surface area contributed by atoms with Gasteiger partial charge in [0.2, 0.25) is 0 Å². The Morgan fingerprint density at radius 3 is 2.23 bits per heavy atom. The maximum absolute atomic E-state index is 13.0. The summed E-state index contributed by atoms with van der Waals surface area (Å²) >= 11 is 0. The summed E-state index contributed by atoms with van der Waals surface area (Å²) in [7, 11) is 1.65. The zero-order chi connectivity index (χ0) is 21.2. The Hall–Kier alpha value is -4.12. The molecule has 2 heterocycles. The molecule has 1 N–H and O–H groups in total. The van der Waals surface area contributed by atoms with Crippen LogP contribution >= 0.6 is 0 Å². The molecule has 152 valence electrons. The van der Waals surface area contributed by atoms with Crippen molar-refractivity contribution < 1.29 is 4.74 Å². The van der Waals surface area contributed by atoms with E-state index in [1.54, 1.807) is 13.2 Å². The molecule has 5 rings (SSSR count). The van der Waals surface area contributed by atoms with Gasteiger partial charge in [0, 0.05) is 18.1 Å². The standard InChI is InChI=1S/C26H21N3O2/c1-31-21-14-12-20(13-15-21)25-23(16-18-8-4-2-5-9-18)28-29-24(30)17-22(27-26(25)29)19-10-6-3-7-11-19/h2-15,17,27H,16H2,1H3. The molecule has 0 amide bonds. The van der Waals surface area contributed by atoms with Crippen LogP contribution in [0.4, 0.5) is 0 Å². The predicted molar refractivity (Wildman–Crippen MR) is 122 cm³/mol. The highest BCUT2D eigenvalue weighted by molar-refractivity contribution is 5.81. The van der Waals surface area contributed by atoms with Gasteiger partial charge in [0.15, 0.2) is 0 Å². The van der Waals surface area contributed by atoms with Gasteiger partial charge in [0.05, 0.1) is 18.5 Å². The molecule has 31 heavy (non-hydrogen) atoms. The van der Waals surface area contributed by atoms with E-state index in [2.05, 4.69) is 17.1 Å². The summed E-state index contributed by atoms with van der Waals surface area (Å²) < 4.78 is 6.78. The van der Waals surface area contributed by atoms with Gasteiger partial charge in [0.1, 0.15) is 11.4 Å². The fraction of sp³-hybridized carbons (Fsp3) is 0.0769. The van der Waals surface area contributed by atoms with Gasteiger partial charge in [-0.1, -0.05) is 72.8 Å². The Morgan fingerprint density at radius 1 is 0.871 bits per heavy atom. The van der Waals surface area contributed by atoms with Crippen molar-refractivity contribution in [2.45, 2.75) is 6.42 Å². The third-order valence-corrected chi connectivity index (χ3v) is 5.37. The fourth-order valence-corrected chi connectivity index (χ4v) is 3.83. The first kappa shape index (κ1) is 18.9.